The average molecular weight is 325 g/mol. The van der Waals surface area contributed by atoms with Crippen LogP contribution in [0.2, 0.25) is 0 Å². The van der Waals surface area contributed by atoms with E-state index in [2.05, 4.69) is 11.4 Å². The zero-order valence-electron chi connectivity index (χ0n) is 13.9. The molecule has 1 saturated heterocycles. The Morgan fingerprint density at radius 2 is 2.25 bits per heavy atom. The molecule has 1 amide bonds. The number of nitrogens with zero attached hydrogens (tertiary/aromatic N) is 2. The monoisotopic (exact) mass is 325 g/mol. The van der Waals surface area contributed by atoms with Crippen LogP contribution in [0.1, 0.15) is 35.5 Å². The van der Waals surface area contributed by atoms with Crippen LogP contribution in [-0.4, -0.2) is 35.0 Å². The molecule has 1 unspecified atom stereocenters. The number of nitrogens with one attached hydrogen (secondary N) is 1. The highest BCUT2D eigenvalue weighted by Crippen LogP contribution is 2.27. The van der Waals surface area contributed by atoms with Crippen molar-refractivity contribution in [1.29, 1.82) is 5.26 Å². The summed E-state index contributed by atoms with van der Waals surface area (Å²) < 4.78 is 7.77. The number of aromatic nitrogens is 1. The summed E-state index contributed by atoms with van der Waals surface area (Å²) in [5.74, 6) is -0.136. The van der Waals surface area contributed by atoms with Gasteiger partial charge in [-0.2, -0.15) is 5.26 Å². The smallest absolute Gasteiger partial charge is 0.251 e. The van der Waals surface area contributed by atoms with Gasteiger partial charge in [0, 0.05) is 23.0 Å². The van der Waals surface area contributed by atoms with Crippen LogP contribution in [0.25, 0.3) is 10.9 Å². The average Bonchev–Trinajstić information content (AvgIpc) is 2.90. The molecule has 24 heavy (non-hydrogen) atoms. The minimum Gasteiger partial charge on any atom is -0.359 e. The molecule has 1 aliphatic heterocycles. The first-order chi connectivity index (χ1) is 11.4. The largest absolute Gasteiger partial charge is 0.359 e. The van der Waals surface area contributed by atoms with Crippen LogP contribution in [0.4, 0.5) is 0 Å². The van der Waals surface area contributed by atoms with Gasteiger partial charge in [-0.3, -0.25) is 9.59 Å². The molecule has 6 nitrogen and oxygen atoms in total. The number of aryl methyl sites for hydroxylation is 1. The van der Waals surface area contributed by atoms with Crippen LogP contribution >= 0.6 is 0 Å². The predicted octanol–water partition coefficient (Wildman–Crippen LogP) is 1.93. The molecule has 1 N–H and O–H groups in total. The van der Waals surface area contributed by atoms with Gasteiger partial charge in [-0.25, -0.2) is 0 Å². The van der Waals surface area contributed by atoms with E-state index in [-0.39, 0.29) is 12.0 Å². The number of carbonyl (C=O) groups is 2. The molecule has 2 heterocycles. The predicted molar refractivity (Wildman–Crippen MR) is 88.7 cm³/mol. The van der Waals surface area contributed by atoms with E-state index in [4.69, 9.17) is 4.74 Å². The summed E-state index contributed by atoms with van der Waals surface area (Å²) >= 11 is 0. The van der Waals surface area contributed by atoms with E-state index in [9.17, 15) is 14.9 Å². The molecule has 1 aromatic carbocycles. The number of hydrogen-bond acceptors (Lipinski definition) is 4. The van der Waals surface area contributed by atoms with Crippen LogP contribution in [0.3, 0.4) is 0 Å². The first kappa shape index (κ1) is 16.2. The lowest BCUT2D eigenvalue weighted by molar-refractivity contribution is -0.160. The topological polar surface area (TPSA) is 84.1 Å². The van der Waals surface area contributed by atoms with Crippen LogP contribution in [0.15, 0.2) is 18.2 Å². The highest BCUT2D eigenvalue weighted by atomic mass is 16.5. The molecular weight excluding hydrogens is 306 g/mol. The van der Waals surface area contributed by atoms with Crippen molar-refractivity contribution in [1.82, 2.24) is 9.88 Å². The highest BCUT2D eigenvalue weighted by Gasteiger charge is 2.36. The lowest BCUT2D eigenvalue weighted by Gasteiger charge is -2.35. The van der Waals surface area contributed by atoms with Gasteiger partial charge in [0.2, 0.25) is 0 Å². The Morgan fingerprint density at radius 1 is 1.50 bits per heavy atom. The summed E-state index contributed by atoms with van der Waals surface area (Å²) in [5, 5.41) is 13.2. The van der Waals surface area contributed by atoms with E-state index in [1.807, 2.05) is 17.6 Å². The molecule has 1 atom stereocenters. The van der Waals surface area contributed by atoms with Crippen molar-refractivity contribution in [2.45, 2.75) is 39.0 Å². The van der Waals surface area contributed by atoms with Crippen molar-refractivity contribution in [3.8, 4) is 6.07 Å². The van der Waals surface area contributed by atoms with Crippen molar-refractivity contribution in [2.75, 3.05) is 6.54 Å². The summed E-state index contributed by atoms with van der Waals surface area (Å²) in [6, 6.07) is 7.60. The fraction of sp³-hybridized carbons (Fsp3) is 0.389. The Balaban J connectivity index is 2.01. The molecular formula is C18H19N3O3. The van der Waals surface area contributed by atoms with E-state index in [1.165, 1.54) is 0 Å². The second kappa shape index (κ2) is 5.77. The molecule has 1 aromatic heterocycles. The van der Waals surface area contributed by atoms with Gasteiger partial charge in [0.15, 0.2) is 0 Å². The Hall–Kier alpha value is -2.65. The molecule has 6 heteroatoms. The van der Waals surface area contributed by atoms with Gasteiger partial charge in [-0.1, -0.05) is 0 Å². The summed E-state index contributed by atoms with van der Waals surface area (Å²) in [6.07, 6.45) is 0.590. The number of carbonyl (C=O) groups excluding carboxylic acids is 2. The normalized spacial score (nSPS) is 19.8. The van der Waals surface area contributed by atoms with E-state index in [0.29, 0.717) is 24.3 Å². The first-order valence-electron chi connectivity index (χ1n) is 7.81. The van der Waals surface area contributed by atoms with Crippen molar-refractivity contribution >= 4 is 23.1 Å². The van der Waals surface area contributed by atoms with Gasteiger partial charge >= 0.3 is 0 Å². The summed E-state index contributed by atoms with van der Waals surface area (Å²) in [6.45, 7) is 6.19. The van der Waals surface area contributed by atoms with Crippen molar-refractivity contribution in [2.24, 2.45) is 0 Å². The fourth-order valence-corrected chi connectivity index (χ4v) is 3.15. The molecule has 0 saturated carbocycles. The van der Waals surface area contributed by atoms with Gasteiger partial charge in [0.25, 0.3) is 5.91 Å². The van der Waals surface area contributed by atoms with Crippen molar-refractivity contribution in [3.05, 3.63) is 35.0 Å². The van der Waals surface area contributed by atoms with Crippen molar-refractivity contribution < 1.29 is 14.3 Å². The lowest BCUT2D eigenvalue weighted by Crippen LogP contribution is -2.56. The molecule has 0 spiro atoms. The maximum Gasteiger partial charge on any atom is 0.251 e. The number of ether oxygens (including phenoxy) is 1. The number of hydrogen-bond donors (Lipinski definition) is 1. The lowest BCUT2D eigenvalue weighted by atomic mass is 10.1. The maximum absolute atomic E-state index is 11.8. The van der Waals surface area contributed by atoms with Crippen LogP contribution in [0.5, 0.6) is 0 Å². The summed E-state index contributed by atoms with van der Waals surface area (Å²) in [7, 11) is 0. The quantitative estimate of drug-likeness (QED) is 0.874. The Labute approximate surface area is 140 Å². The van der Waals surface area contributed by atoms with Gasteiger partial charge < -0.3 is 14.6 Å². The maximum atomic E-state index is 11.8. The molecule has 2 aromatic rings. The number of benzene rings is 1. The third-order valence-corrected chi connectivity index (χ3v) is 4.52. The summed E-state index contributed by atoms with van der Waals surface area (Å²) in [4.78, 5) is 22.9. The molecule has 3 rings (SSSR count). The van der Waals surface area contributed by atoms with E-state index in [0.717, 1.165) is 22.8 Å². The standard InChI is InChI=1S/C18H19N3O3/c1-11-12(10-22)4-5-16-15(11)6-13(7-19)21(16)9-14-8-20-17(23)18(2,3)24-14/h4-6,10,14H,8-9H2,1-3H3,(H,20,23). The van der Waals surface area contributed by atoms with Crippen LogP contribution in [0, 0.1) is 18.3 Å². The summed E-state index contributed by atoms with van der Waals surface area (Å²) in [5.41, 5.74) is 1.98. The van der Waals surface area contributed by atoms with E-state index < -0.39 is 5.60 Å². The molecule has 1 aliphatic rings. The fourth-order valence-electron chi connectivity index (χ4n) is 3.15. The Morgan fingerprint density at radius 3 is 2.88 bits per heavy atom. The number of nitriles is 1. The zero-order chi connectivity index (χ0) is 17.5. The third-order valence-electron chi connectivity index (χ3n) is 4.52. The third kappa shape index (κ3) is 2.57. The number of amides is 1. The number of morpholine rings is 1. The highest BCUT2D eigenvalue weighted by molar-refractivity contribution is 5.92. The Bertz CT molecular complexity index is 874. The van der Waals surface area contributed by atoms with Gasteiger partial charge in [0.1, 0.15) is 23.7 Å². The number of fused-ring (bicyclic) bond motifs is 1. The minimum atomic E-state index is -0.890. The minimum absolute atomic E-state index is 0.136. The van der Waals surface area contributed by atoms with Gasteiger partial charge in [0.05, 0.1) is 12.6 Å². The second-order valence-electron chi connectivity index (χ2n) is 6.54. The molecule has 0 bridgehead atoms. The first-order valence-corrected chi connectivity index (χ1v) is 7.81. The number of rotatable bonds is 3. The van der Waals surface area contributed by atoms with E-state index in [1.54, 1.807) is 26.0 Å². The molecule has 124 valence electrons. The number of aldehydes is 1. The van der Waals surface area contributed by atoms with E-state index >= 15 is 0 Å². The zero-order valence-corrected chi connectivity index (χ0v) is 13.9. The van der Waals surface area contributed by atoms with Gasteiger partial charge in [-0.05, 0) is 44.5 Å². The molecule has 0 radical (unpaired) electrons. The van der Waals surface area contributed by atoms with Crippen LogP contribution < -0.4 is 5.32 Å². The molecule has 0 aliphatic carbocycles. The van der Waals surface area contributed by atoms with Crippen LogP contribution in [-0.2, 0) is 16.1 Å². The SMILES string of the molecule is Cc1c(C=O)ccc2c1cc(C#N)n2CC1CNC(=O)C(C)(C)O1. The van der Waals surface area contributed by atoms with Gasteiger partial charge in [-0.15, -0.1) is 0 Å². The second-order valence-corrected chi connectivity index (χ2v) is 6.54. The Kier molecular flexibility index (Phi) is 3.90. The molecule has 1 fully saturated rings. The van der Waals surface area contributed by atoms with Crippen molar-refractivity contribution in [3.63, 3.8) is 0 Å².